The van der Waals surface area contributed by atoms with Crippen LogP contribution in [0.1, 0.15) is 24.6 Å². The highest BCUT2D eigenvalue weighted by Gasteiger charge is 2.26. The number of para-hydroxylation sites is 2. The monoisotopic (exact) mass is 371 g/mol. The minimum Gasteiger partial charge on any atom is -0.495 e. The Hall–Kier alpha value is -2.54. The van der Waals surface area contributed by atoms with E-state index in [1.54, 1.807) is 7.11 Å². The quantitative estimate of drug-likeness (QED) is 0.848. The highest BCUT2D eigenvalue weighted by molar-refractivity contribution is 5.91. The van der Waals surface area contributed by atoms with Crippen LogP contribution in [-0.4, -0.2) is 66.2 Å². The van der Waals surface area contributed by atoms with E-state index < -0.39 is 0 Å². The first-order valence-corrected chi connectivity index (χ1v) is 9.43. The molecule has 1 N–H and O–H groups in total. The van der Waals surface area contributed by atoms with Crippen molar-refractivity contribution in [3.63, 3.8) is 0 Å². The molecule has 0 unspecified atom stereocenters. The van der Waals surface area contributed by atoms with E-state index in [9.17, 15) is 4.79 Å². The third kappa shape index (κ3) is 4.80. The number of piperidine rings is 1. The minimum absolute atomic E-state index is 0.0751. The number of methoxy groups -OCH3 is 1. The van der Waals surface area contributed by atoms with Gasteiger partial charge in [-0.15, -0.1) is 0 Å². The molecule has 1 saturated heterocycles. The number of aromatic nitrogens is 2. The summed E-state index contributed by atoms with van der Waals surface area (Å²) in [7, 11) is 5.76. The lowest BCUT2D eigenvalue weighted by Gasteiger charge is -2.32. The van der Waals surface area contributed by atoms with Crippen molar-refractivity contribution in [1.29, 1.82) is 0 Å². The molecule has 0 radical (unpaired) electrons. The number of imidazole rings is 1. The van der Waals surface area contributed by atoms with Crippen molar-refractivity contribution >= 4 is 11.7 Å². The fraction of sp³-hybridized carbons (Fsp3) is 0.500. The van der Waals surface area contributed by atoms with Crippen LogP contribution >= 0.6 is 0 Å². The van der Waals surface area contributed by atoms with Crippen molar-refractivity contribution in [1.82, 2.24) is 19.4 Å². The lowest BCUT2D eigenvalue weighted by Crippen LogP contribution is -2.41. The lowest BCUT2D eigenvalue weighted by molar-refractivity contribution is 0.192. The van der Waals surface area contributed by atoms with E-state index in [1.807, 2.05) is 35.4 Å². The summed E-state index contributed by atoms with van der Waals surface area (Å²) >= 11 is 0. The van der Waals surface area contributed by atoms with Crippen molar-refractivity contribution in [3.8, 4) is 5.75 Å². The molecule has 0 bridgehead atoms. The standard InChI is InChI=1S/C20H29N5O2/c1-23(2)14-15-24-13-10-21-19(24)16-8-11-25(12-9-16)20(26)22-17-6-4-5-7-18(17)27-3/h4-7,10,13,16H,8-9,11-12,14-15H2,1-3H3,(H,22,26). The molecule has 2 amide bonds. The molecule has 1 aromatic heterocycles. The van der Waals surface area contributed by atoms with Crippen LogP contribution in [0.15, 0.2) is 36.7 Å². The summed E-state index contributed by atoms with van der Waals surface area (Å²) in [6, 6.07) is 7.39. The first-order chi connectivity index (χ1) is 13.1. The maximum absolute atomic E-state index is 12.6. The highest BCUT2D eigenvalue weighted by Crippen LogP contribution is 2.28. The first kappa shape index (κ1) is 19.2. The number of hydrogen-bond donors (Lipinski definition) is 1. The van der Waals surface area contributed by atoms with E-state index in [1.165, 1.54) is 0 Å². The van der Waals surface area contributed by atoms with E-state index in [2.05, 4.69) is 40.1 Å². The van der Waals surface area contributed by atoms with Crippen molar-refractivity contribution < 1.29 is 9.53 Å². The van der Waals surface area contributed by atoms with Crippen LogP contribution < -0.4 is 10.1 Å². The van der Waals surface area contributed by atoms with Gasteiger partial charge in [-0.2, -0.15) is 0 Å². The zero-order valence-corrected chi connectivity index (χ0v) is 16.4. The number of urea groups is 1. The fourth-order valence-corrected chi connectivity index (χ4v) is 3.46. The molecule has 0 atom stereocenters. The number of benzene rings is 1. The third-order valence-electron chi connectivity index (χ3n) is 5.03. The van der Waals surface area contributed by atoms with E-state index in [0.29, 0.717) is 17.4 Å². The number of hydrogen-bond acceptors (Lipinski definition) is 4. The maximum atomic E-state index is 12.6. The fourth-order valence-electron chi connectivity index (χ4n) is 3.46. The van der Waals surface area contributed by atoms with Crippen LogP contribution in [0.3, 0.4) is 0 Å². The van der Waals surface area contributed by atoms with Crippen LogP contribution in [0.2, 0.25) is 0 Å². The number of carbonyl (C=O) groups is 1. The molecule has 2 heterocycles. The topological polar surface area (TPSA) is 62.6 Å². The van der Waals surface area contributed by atoms with Crippen molar-refractivity contribution in [3.05, 3.63) is 42.5 Å². The van der Waals surface area contributed by atoms with Crippen molar-refractivity contribution in [2.24, 2.45) is 0 Å². The SMILES string of the molecule is COc1ccccc1NC(=O)N1CCC(c2nccn2CCN(C)C)CC1. The molecule has 1 aliphatic rings. The smallest absolute Gasteiger partial charge is 0.321 e. The molecule has 27 heavy (non-hydrogen) atoms. The summed E-state index contributed by atoms with van der Waals surface area (Å²) in [5.41, 5.74) is 0.700. The van der Waals surface area contributed by atoms with Gasteiger partial charge >= 0.3 is 6.03 Å². The predicted octanol–water partition coefficient (Wildman–Crippen LogP) is 2.86. The maximum Gasteiger partial charge on any atom is 0.321 e. The Bertz CT molecular complexity index is 750. The average Bonchev–Trinajstić information content (AvgIpc) is 3.15. The van der Waals surface area contributed by atoms with Gasteiger partial charge in [0.2, 0.25) is 0 Å². The number of carbonyl (C=O) groups excluding carboxylic acids is 1. The van der Waals surface area contributed by atoms with Crippen molar-refractivity contribution in [2.75, 3.05) is 46.2 Å². The summed E-state index contributed by atoms with van der Waals surface area (Å²) < 4.78 is 7.55. The molecule has 7 nitrogen and oxygen atoms in total. The van der Waals surface area contributed by atoms with Crippen LogP contribution in [0.5, 0.6) is 5.75 Å². The number of ether oxygens (including phenoxy) is 1. The molecular weight excluding hydrogens is 342 g/mol. The van der Waals surface area contributed by atoms with E-state index in [-0.39, 0.29) is 6.03 Å². The summed E-state index contributed by atoms with van der Waals surface area (Å²) in [6.45, 7) is 3.39. The molecule has 7 heteroatoms. The molecule has 1 aromatic carbocycles. The van der Waals surface area contributed by atoms with Crippen molar-refractivity contribution in [2.45, 2.75) is 25.3 Å². The van der Waals surface area contributed by atoms with Gasteiger partial charge in [-0.05, 0) is 39.1 Å². The van der Waals surface area contributed by atoms with Gasteiger partial charge in [-0.3, -0.25) is 0 Å². The van der Waals surface area contributed by atoms with Gasteiger partial charge in [0.25, 0.3) is 0 Å². The number of likely N-dealkylation sites (tertiary alicyclic amines) is 1. The molecular formula is C20H29N5O2. The number of nitrogens with zero attached hydrogens (tertiary/aromatic N) is 4. The number of nitrogens with one attached hydrogen (secondary N) is 1. The molecule has 3 rings (SSSR count). The van der Waals surface area contributed by atoms with E-state index in [0.717, 1.165) is 44.8 Å². The van der Waals surface area contributed by atoms with Gasteiger partial charge in [-0.1, -0.05) is 12.1 Å². The second-order valence-electron chi connectivity index (χ2n) is 7.17. The molecule has 1 fully saturated rings. The molecule has 2 aromatic rings. The summed E-state index contributed by atoms with van der Waals surface area (Å²) in [5, 5.41) is 2.96. The summed E-state index contributed by atoms with van der Waals surface area (Å²) in [4.78, 5) is 21.2. The van der Waals surface area contributed by atoms with Crippen LogP contribution in [-0.2, 0) is 6.54 Å². The number of rotatable bonds is 6. The van der Waals surface area contributed by atoms with Crippen LogP contribution in [0.4, 0.5) is 10.5 Å². The normalized spacial score (nSPS) is 15.2. The first-order valence-electron chi connectivity index (χ1n) is 9.43. The summed E-state index contributed by atoms with van der Waals surface area (Å²) in [5.74, 6) is 2.21. The number of amides is 2. The highest BCUT2D eigenvalue weighted by atomic mass is 16.5. The zero-order chi connectivity index (χ0) is 19.2. The Morgan fingerprint density at radius 1 is 1.30 bits per heavy atom. The van der Waals surface area contributed by atoms with Gasteiger partial charge in [0.1, 0.15) is 11.6 Å². The molecule has 0 aliphatic carbocycles. The Balaban J connectivity index is 1.56. The molecule has 0 spiro atoms. The van der Waals surface area contributed by atoms with E-state index in [4.69, 9.17) is 4.74 Å². The number of likely N-dealkylation sites (N-methyl/N-ethyl adjacent to an activating group) is 1. The van der Waals surface area contributed by atoms with Gasteiger partial charge in [0.05, 0.1) is 12.8 Å². The molecule has 146 valence electrons. The van der Waals surface area contributed by atoms with Gasteiger partial charge < -0.3 is 24.4 Å². The van der Waals surface area contributed by atoms with Gasteiger partial charge in [0.15, 0.2) is 0 Å². The molecule has 0 saturated carbocycles. The average molecular weight is 371 g/mol. The number of anilines is 1. The predicted molar refractivity (Wildman–Crippen MR) is 106 cm³/mol. The largest absolute Gasteiger partial charge is 0.495 e. The Morgan fingerprint density at radius 3 is 2.74 bits per heavy atom. The second-order valence-corrected chi connectivity index (χ2v) is 7.17. The third-order valence-corrected chi connectivity index (χ3v) is 5.03. The Kier molecular flexibility index (Phi) is 6.34. The van der Waals surface area contributed by atoms with Crippen LogP contribution in [0.25, 0.3) is 0 Å². The minimum atomic E-state index is -0.0751. The van der Waals surface area contributed by atoms with Crippen LogP contribution in [0, 0.1) is 0 Å². The van der Waals surface area contributed by atoms with Gasteiger partial charge in [0, 0.05) is 44.5 Å². The lowest BCUT2D eigenvalue weighted by atomic mass is 9.96. The van der Waals surface area contributed by atoms with Gasteiger partial charge in [-0.25, -0.2) is 9.78 Å². The van der Waals surface area contributed by atoms with E-state index >= 15 is 0 Å². The Morgan fingerprint density at radius 2 is 2.04 bits per heavy atom. The zero-order valence-electron chi connectivity index (χ0n) is 16.4. The Labute approximate surface area is 160 Å². The molecule has 1 aliphatic heterocycles. The summed E-state index contributed by atoms with van der Waals surface area (Å²) in [6.07, 6.45) is 5.79. The second kappa shape index (κ2) is 8.90.